The van der Waals surface area contributed by atoms with Crippen LogP contribution in [0, 0.1) is 0 Å². The van der Waals surface area contributed by atoms with Gasteiger partial charge in [-0.3, -0.25) is 0 Å². The van der Waals surface area contributed by atoms with Crippen molar-refractivity contribution in [3.63, 3.8) is 0 Å². The molecule has 0 saturated heterocycles. The van der Waals surface area contributed by atoms with Gasteiger partial charge in [-0.25, -0.2) is 0 Å². The third kappa shape index (κ3) is 9.81. The number of halogens is 6. The van der Waals surface area contributed by atoms with E-state index in [1.54, 1.807) is 12.1 Å². The van der Waals surface area contributed by atoms with E-state index >= 15 is 0 Å². The summed E-state index contributed by atoms with van der Waals surface area (Å²) in [5, 5.41) is 0. The summed E-state index contributed by atoms with van der Waals surface area (Å²) in [5.74, 6) is 0.981. The van der Waals surface area contributed by atoms with Crippen LogP contribution >= 0.6 is 0 Å². The highest BCUT2D eigenvalue weighted by Gasteiger charge is 2.31. The Kier molecular flexibility index (Phi) is 12.1. The molecule has 1 aliphatic rings. The fourth-order valence-electron chi connectivity index (χ4n) is 4.72. The van der Waals surface area contributed by atoms with Crippen molar-refractivity contribution in [3.8, 4) is 11.5 Å². The second-order valence-electron chi connectivity index (χ2n) is 10.1. The van der Waals surface area contributed by atoms with Gasteiger partial charge in [-0.05, 0) is 47.5 Å². The third-order valence-electron chi connectivity index (χ3n) is 7.02. The third-order valence-corrected chi connectivity index (χ3v) is 7.02. The summed E-state index contributed by atoms with van der Waals surface area (Å²) in [4.78, 5) is 0. The van der Waals surface area contributed by atoms with Crippen molar-refractivity contribution in [2.75, 3.05) is 53.9 Å². The summed E-state index contributed by atoms with van der Waals surface area (Å²) in [6.07, 6.45) is -10.3. The molecule has 0 fully saturated rings. The summed E-state index contributed by atoms with van der Waals surface area (Å²) < 4.78 is 119. The molecule has 1 aliphatic heterocycles. The van der Waals surface area contributed by atoms with Crippen molar-refractivity contribution in [1.82, 2.24) is 0 Å². The maximum Gasteiger partial charge on any atom is 0.416 e. The molecule has 0 aliphatic carbocycles. The van der Waals surface area contributed by atoms with E-state index < -0.39 is 35.7 Å². The standard InChI is InChI=1S/C32H34F6O7/c1-39-27-15-23-17-42-19-28(21-3-7-25(8-4-21)31(33,34)35)44-13-11-41-12-14-45-29(20-43-18-24(16-27)30(23)40-2)22-5-9-26(10-6-22)32(36,37)38/h3-10,15-16,28-29H,11-14,17-20H2,1-2H3/t28-,29-/m1/s1. The zero-order chi connectivity index (χ0) is 32.5. The number of hydrogen-bond donors (Lipinski definition) is 0. The van der Waals surface area contributed by atoms with Gasteiger partial charge in [-0.1, -0.05) is 24.3 Å². The molecule has 7 nitrogen and oxygen atoms in total. The molecule has 45 heavy (non-hydrogen) atoms. The molecule has 0 unspecified atom stereocenters. The number of methoxy groups -OCH3 is 2. The Hall–Kier alpha value is -3.36. The van der Waals surface area contributed by atoms with E-state index in [0.717, 1.165) is 24.3 Å². The molecule has 0 saturated carbocycles. The number of rotatable bonds is 4. The van der Waals surface area contributed by atoms with Crippen LogP contribution in [0.5, 0.6) is 11.5 Å². The van der Waals surface area contributed by atoms with Gasteiger partial charge in [0.1, 0.15) is 23.7 Å². The number of alkyl halides is 6. The van der Waals surface area contributed by atoms with Gasteiger partial charge < -0.3 is 33.2 Å². The van der Waals surface area contributed by atoms with Crippen molar-refractivity contribution in [2.24, 2.45) is 0 Å². The number of benzene rings is 3. The summed E-state index contributed by atoms with van der Waals surface area (Å²) in [6.45, 7) is 0.665. The Morgan fingerprint density at radius 1 is 0.578 bits per heavy atom. The van der Waals surface area contributed by atoms with E-state index in [0.29, 0.717) is 33.8 Å². The maximum atomic E-state index is 13.1. The van der Waals surface area contributed by atoms with Crippen molar-refractivity contribution < 1.29 is 59.5 Å². The molecule has 2 bridgehead atoms. The molecule has 3 aromatic carbocycles. The predicted octanol–water partition coefficient (Wildman–Crippen LogP) is 7.32. The smallest absolute Gasteiger partial charge is 0.416 e. The lowest BCUT2D eigenvalue weighted by Crippen LogP contribution is -2.19. The van der Waals surface area contributed by atoms with Crippen LogP contribution in [0.25, 0.3) is 0 Å². The lowest BCUT2D eigenvalue weighted by molar-refractivity contribution is -0.138. The van der Waals surface area contributed by atoms with E-state index in [9.17, 15) is 26.3 Å². The zero-order valence-electron chi connectivity index (χ0n) is 24.7. The van der Waals surface area contributed by atoms with Gasteiger partial charge >= 0.3 is 12.4 Å². The molecule has 0 spiro atoms. The van der Waals surface area contributed by atoms with Crippen molar-refractivity contribution in [1.29, 1.82) is 0 Å². The second kappa shape index (κ2) is 15.8. The Morgan fingerprint density at radius 3 is 1.36 bits per heavy atom. The Morgan fingerprint density at radius 2 is 1.00 bits per heavy atom. The highest BCUT2D eigenvalue weighted by molar-refractivity contribution is 5.47. The molecule has 13 heteroatoms. The quantitative estimate of drug-likeness (QED) is 0.276. The highest BCUT2D eigenvalue weighted by atomic mass is 19.4. The van der Waals surface area contributed by atoms with Crippen LogP contribution in [0.1, 0.15) is 45.6 Å². The van der Waals surface area contributed by atoms with Crippen molar-refractivity contribution in [3.05, 3.63) is 94.0 Å². The number of hydrogen-bond acceptors (Lipinski definition) is 7. The van der Waals surface area contributed by atoms with Crippen molar-refractivity contribution >= 4 is 0 Å². The molecule has 246 valence electrons. The summed E-state index contributed by atoms with van der Waals surface area (Å²) >= 11 is 0. The molecule has 1 heterocycles. The Bertz CT molecular complexity index is 1250. The molecule has 0 radical (unpaired) electrons. The molecular weight excluding hydrogens is 610 g/mol. The normalized spacial score (nSPS) is 19.7. The maximum absolute atomic E-state index is 13.1. The lowest BCUT2D eigenvalue weighted by Gasteiger charge is -2.22. The first-order valence-electron chi connectivity index (χ1n) is 14.0. The van der Waals surface area contributed by atoms with Gasteiger partial charge in [0.2, 0.25) is 0 Å². The SMILES string of the molecule is COc1cc2c(OC)c(c1)COC[C@H](c1ccc(C(F)(F)F)cc1)OCCOCCO[C@@H](c1ccc(C(F)(F)F)cc1)COC2. The second-order valence-corrected chi connectivity index (χ2v) is 10.1. The van der Waals surface area contributed by atoms with Gasteiger partial charge in [0.25, 0.3) is 0 Å². The number of ether oxygens (including phenoxy) is 7. The van der Waals surface area contributed by atoms with Crippen LogP contribution in [0.3, 0.4) is 0 Å². The number of fused-ring (bicyclic) bond motifs is 2. The first-order chi connectivity index (χ1) is 21.5. The van der Waals surface area contributed by atoms with Crippen LogP contribution in [0.4, 0.5) is 26.3 Å². The Balaban J connectivity index is 1.56. The highest BCUT2D eigenvalue weighted by Crippen LogP contribution is 2.34. The minimum atomic E-state index is -4.47. The van der Waals surface area contributed by atoms with E-state index in [1.807, 2.05) is 0 Å². The molecule has 4 rings (SSSR count). The molecular formula is C32H34F6O7. The molecule has 0 amide bonds. The summed E-state index contributed by atoms with van der Waals surface area (Å²) in [6, 6.07) is 12.8. The van der Waals surface area contributed by atoms with E-state index in [4.69, 9.17) is 33.2 Å². The van der Waals surface area contributed by atoms with E-state index in [-0.39, 0.29) is 52.9 Å². The van der Waals surface area contributed by atoms with Crippen LogP contribution in [-0.4, -0.2) is 53.9 Å². The van der Waals surface area contributed by atoms with E-state index in [2.05, 4.69) is 0 Å². The average molecular weight is 645 g/mol. The van der Waals surface area contributed by atoms with Gasteiger partial charge in [0, 0.05) is 11.1 Å². The first kappa shape index (κ1) is 34.5. The predicted molar refractivity (Wildman–Crippen MR) is 150 cm³/mol. The molecule has 3 aromatic rings. The zero-order valence-corrected chi connectivity index (χ0v) is 24.7. The Labute approximate surface area is 256 Å². The fraction of sp³-hybridized carbons (Fsp3) is 0.438. The first-order valence-corrected chi connectivity index (χ1v) is 14.0. The summed E-state index contributed by atoms with van der Waals surface area (Å²) in [5.41, 5.74) is 0.684. The van der Waals surface area contributed by atoms with Gasteiger partial charge in [0.15, 0.2) is 0 Å². The van der Waals surface area contributed by atoms with Crippen LogP contribution in [-0.2, 0) is 49.3 Å². The van der Waals surface area contributed by atoms with Gasteiger partial charge in [-0.15, -0.1) is 0 Å². The molecule has 0 aromatic heterocycles. The molecule has 0 N–H and O–H groups in total. The minimum absolute atomic E-state index is 0.0233. The fourth-order valence-corrected chi connectivity index (χ4v) is 4.72. The van der Waals surface area contributed by atoms with Crippen LogP contribution in [0.2, 0.25) is 0 Å². The van der Waals surface area contributed by atoms with Gasteiger partial charge in [-0.2, -0.15) is 26.3 Å². The lowest BCUT2D eigenvalue weighted by atomic mass is 10.1. The largest absolute Gasteiger partial charge is 0.497 e. The van der Waals surface area contributed by atoms with Crippen molar-refractivity contribution in [2.45, 2.75) is 37.8 Å². The topological polar surface area (TPSA) is 64.6 Å². The van der Waals surface area contributed by atoms with Gasteiger partial charge in [0.05, 0.1) is 78.2 Å². The monoisotopic (exact) mass is 644 g/mol. The molecule has 2 atom stereocenters. The average Bonchev–Trinajstić information content (AvgIpc) is 3.01. The van der Waals surface area contributed by atoms with E-state index in [1.165, 1.54) is 38.5 Å². The van der Waals surface area contributed by atoms with Crippen LogP contribution < -0.4 is 9.47 Å². The summed E-state index contributed by atoms with van der Waals surface area (Å²) in [7, 11) is 2.99. The minimum Gasteiger partial charge on any atom is -0.497 e. The van der Waals surface area contributed by atoms with Crippen LogP contribution in [0.15, 0.2) is 60.7 Å².